The van der Waals surface area contributed by atoms with Crippen LogP contribution in [0.1, 0.15) is 46.5 Å². The van der Waals surface area contributed by atoms with Crippen LogP contribution >= 0.6 is 24.2 Å². The molecule has 0 heterocycles. The smallest absolute Gasteiger partial charge is 0.224 e. The van der Waals surface area contributed by atoms with E-state index in [4.69, 9.17) is 5.73 Å². The summed E-state index contributed by atoms with van der Waals surface area (Å²) in [6, 6.07) is 0.276. The molecule has 0 bridgehead atoms. The van der Waals surface area contributed by atoms with Gasteiger partial charge in [-0.05, 0) is 25.5 Å². The van der Waals surface area contributed by atoms with Gasteiger partial charge in [-0.15, -0.1) is 12.4 Å². The molecule has 4 atom stereocenters. The van der Waals surface area contributed by atoms with Crippen molar-refractivity contribution in [3.63, 3.8) is 0 Å². The molecular formula is C13H27ClN2OS. The number of hydrogen-bond acceptors (Lipinski definition) is 3. The Bertz CT molecular complexity index is 249. The van der Waals surface area contributed by atoms with Crippen LogP contribution in [-0.2, 0) is 4.79 Å². The molecule has 0 aromatic heterocycles. The number of carbonyl (C=O) groups excluding carboxylic acids is 1. The lowest BCUT2D eigenvalue weighted by molar-refractivity contribution is -0.125. The number of rotatable bonds is 5. The summed E-state index contributed by atoms with van der Waals surface area (Å²) in [4.78, 5) is 12.0. The van der Waals surface area contributed by atoms with Crippen molar-refractivity contribution in [2.45, 2.75) is 63.8 Å². The molecule has 0 aromatic rings. The predicted molar refractivity (Wildman–Crippen MR) is 82.4 cm³/mol. The predicted octanol–water partition coefficient (Wildman–Crippen LogP) is 2.57. The fourth-order valence-electron chi connectivity index (χ4n) is 2.23. The van der Waals surface area contributed by atoms with E-state index in [1.807, 2.05) is 25.6 Å². The second-order valence-corrected chi connectivity index (χ2v) is 6.56. The molecule has 4 unspecified atom stereocenters. The van der Waals surface area contributed by atoms with Crippen LogP contribution in [0.5, 0.6) is 0 Å². The molecule has 0 aliphatic heterocycles. The molecular weight excluding hydrogens is 268 g/mol. The molecule has 18 heavy (non-hydrogen) atoms. The maximum Gasteiger partial charge on any atom is 0.224 e. The third-order valence-electron chi connectivity index (χ3n) is 3.61. The van der Waals surface area contributed by atoms with Gasteiger partial charge in [0.2, 0.25) is 5.91 Å². The number of hydrogen-bond donors (Lipinski definition) is 2. The van der Waals surface area contributed by atoms with Crippen molar-refractivity contribution in [2.24, 2.45) is 11.7 Å². The van der Waals surface area contributed by atoms with Crippen molar-refractivity contribution in [3.05, 3.63) is 0 Å². The van der Waals surface area contributed by atoms with E-state index in [0.29, 0.717) is 11.3 Å². The highest BCUT2D eigenvalue weighted by Gasteiger charge is 2.28. The van der Waals surface area contributed by atoms with Gasteiger partial charge < -0.3 is 11.1 Å². The zero-order valence-electron chi connectivity index (χ0n) is 11.6. The second-order valence-electron chi connectivity index (χ2n) is 5.04. The maximum absolute atomic E-state index is 12.0. The van der Waals surface area contributed by atoms with Gasteiger partial charge in [-0.1, -0.05) is 26.7 Å². The fourth-order valence-corrected chi connectivity index (χ4v) is 3.43. The summed E-state index contributed by atoms with van der Waals surface area (Å²) < 4.78 is 0. The van der Waals surface area contributed by atoms with Gasteiger partial charge in [-0.2, -0.15) is 11.8 Å². The van der Waals surface area contributed by atoms with Gasteiger partial charge in [0.15, 0.2) is 0 Å². The molecule has 108 valence electrons. The van der Waals surface area contributed by atoms with Gasteiger partial charge in [0, 0.05) is 23.3 Å². The molecule has 1 rings (SSSR count). The Morgan fingerprint density at radius 1 is 1.39 bits per heavy atom. The normalized spacial score (nSPS) is 26.9. The van der Waals surface area contributed by atoms with Crippen LogP contribution in [-0.4, -0.2) is 29.0 Å². The first-order valence-electron chi connectivity index (χ1n) is 6.73. The van der Waals surface area contributed by atoms with E-state index in [-0.39, 0.29) is 30.3 Å². The zero-order chi connectivity index (χ0) is 12.8. The van der Waals surface area contributed by atoms with E-state index in [1.54, 1.807) is 0 Å². The zero-order valence-corrected chi connectivity index (χ0v) is 13.3. The van der Waals surface area contributed by atoms with E-state index in [1.165, 1.54) is 19.3 Å². The molecule has 0 aromatic carbocycles. The SMILES string of the molecule is CCSC1CCCCC1NC(=O)C(C)C(C)N.Cl. The highest BCUT2D eigenvalue weighted by molar-refractivity contribution is 7.99. The van der Waals surface area contributed by atoms with E-state index in [2.05, 4.69) is 12.2 Å². The van der Waals surface area contributed by atoms with Gasteiger partial charge in [0.1, 0.15) is 0 Å². The highest BCUT2D eigenvalue weighted by atomic mass is 35.5. The molecule has 0 saturated heterocycles. The summed E-state index contributed by atoms with van der Waals surface area (Å²) in [5.41, 5.74) is 5.77. The minimum Gasteiger partial charge on any atom is -0.352 e. The Morgan fingerprint density at radius 3 is 2.56 bits per heavy atom. The summed E-state index contributed by atoms with van der Waals surface area (Å²) in [5, 5.41) is 3.79. The minimum atomic E-state index is -0.0933. The Balaban J connectivity index is 0.00000289. The standard InChI is InChI=1S/C13H26N2OS.ClH/c1-4-17-12-8-6-5-7-11(12)15-13(16)9(2)10(3)14;/h9-12H,4-8,14H2,1-3H3,(H,15,16);1H. The van der Waals surface area contributed by atoms with Crippen LogP contribution in [0.15, 0.2) is 0 Å². The van der Waals surface area contributed by atoms with Crippen LogP contribution in [0.25, 0.3) is 0 Å². The molecule has 0 spiro atoms. The van der Waals surface area contributed by atoms with E-state index < -0.39 is 0 Å². The van der Waals surface area contributed by atoms with E-state index in [0.717, 1.165) is 12.2 Å². The molecule has 1 aliphatic carbocycles. The first-order valence-corrected chi connectivity index (χ1v) is 7.78. The second kappa shape index (κ2) is 9.05. The molecule has 3 nitrogen and oxygen atoms in total. The number of thioether (sulfide) groups is 1. The molecule has 1 fully saturated rings. The largest absolute Gasteiger partial charge is 0.352 e. The summed E-state index contributed by atoms with van der Waals surface area (Å²) in [6.45, 7) is 5.98. The highest BCUT2D eigenvalue weighted by Crippen LogP contribution is 2.28. The average Bonchev–Trinajstić information content (AvgIpc) is 2.30. The van der Waals surface area contributed by atoms with Crippen molar-refractivity contribution in [1.82, 2.24) is 5.32 Å². The van der Waals surface area contributed by atoms with Crippen LogP contribution < -0.4 is 11.1 Å². The summed E-state index contributed by atoms with van der Waals surface area (Å²) >= 11 is 1.98. The monoisotopic (exact) mass is 294 g/mol. The average molecular weight is 295 g/mol. The van der Waals surface area contributed by atoms with E-state index >= 15 is 0 Å². The van der Waals surface area contributed by atoms with Gasteiger partial charge in [-0.25, -0.2) is 0 Å². The topological polar surface area (TPSA) is 55.1 Å². The van der Waals surface area contributed by atoms with Gasteiger partial charge >= 0.3 is 0 Å². The van der Waals surface area contributed by atoms with Crippen molar-refractivity contribution < 1.29 is 4.79 Å². The van der Waals surface area contributed by atoms with Gasteiger partial charge in [0.05, 0.1) is 0 Å². The van der Waals surface area contributed by atoms with Gasteiger partial charge in [-0.3, -0.25) is 4.79 Å². The van der Waals surface area contributed by atoms with Crippen molar-refractivity contribution in [3.8, 4) is 0 Å². The summed E-state index contributed by atoms with van der Waals surface area (Å²) in [5.74, 6) is 1.15. The van der Waals surface area contributed by atoms with E-state index in [9.17, 15) is 4.79 Å². The Hall–Kier alpha value is 0.0700. The van der Waals surface area contributed by atoms with Crippen LogP contribution in [0.2, 0.25) is 0 Å². The Labute approximate surface area is 121 Å². The lowest BCUT2D eigenvalue weighted by atomic mass is 9.93. The van der Waals surface area contributed by atoms with Crippen molar-refractivity contribution in [2.75, 3.05) is 5.75 Å². The molecule has 5 heteroatoms. The van der Waals surface area contributed by atoms with Gasteiger partial charge in [0.25, 0.3) is 0 Å². The maximum atomic E-state index is 12.0. The van der Waals surface area contributed by atoms with Crippen LogP contribution in [0.4, 0.5) is 0 Å². The lowest BCUT2D eigenvalue weighted by Gasteiger charge is -2.32. The third-order valence-corrected chi connectivity index (χ3v) is 4.94. The van der Waals surface area contributed by atoms with Crippen molar-refractivity contribution >= 4 is 30.1 Å². The summed E-state index contributed by atoms with van der Waals surface area (Å²) in [6.07, 6.45) is 4.89. The first kappa shape index (κ1) is 18.1. The van der Waals surface area contributed by atoms with Crippen LogP contribution in [0, 0.1) is 5.92 Å². The summed E-state index contributed by atoms with van der Waals surface area (Å²) in [7, 11) is 0. The number of nitrogens with two attached hydrogens (primary N) is 1. The third kappa shape index (κ3) is 5.37. The van der Waals surface area contributed by atoms with Crippen LogP contribution in [0.3, 0.4) is 0 Å². The molecule has 1 saturated carbocycles. The number of nitrogens with one attached hydrogen (secondary N) is 1. The fraction of sp³-hybridized carbons (Fsp3) is 0.923. The number of halogens is 1. The number of amides is 1. The molecule has 3 N–H and O–H groups in total. The lowest BCUT2D eigenvalue weighted by Crippen LogP contribution is -2.48. The number of carbonyl (C=O) groups is 1. The molecule has 1 aliphatic rings. The quantitative estimate of drug-likeness (QED) is 0.819. The molecule has 1 amide bonds. The molecule has 0 radical (unpaired) electrons. The Kier molecular flexibility index (Phi) is 9.09. The van der Waals surface area contributed by atoms with Crippen molar-refractivity contribution in [1.29, 1.82) is 0 Å². The Morgan fingerprint density at radius 2 is 2.00 bits per heavy atom. The minimum absolute atomic E-state index is 0. The first-order chi connectivity index (χ1) is 8.06.